The monoisotopic (exact) mass is 307 g/mol. The van der Waals surface area contributed by atoms with Crippen LogP contribution in [0.15, 0.2) is 18.3 Å². The van der Waals surface area contributed by atoms with Crippen LogP contribution in [0.3, 0.4) is 0 Å². The number of carbonyl (C=O) groups excluding carboxylic acids is 1. The summed E-state index contributed by atoms with van der Waals surface area (Å²) in [7, 11) is 0. The molecule has 1 amide bonds. The molecule has 0 spiro atoms. The SMILES string of the molecule is NC(C[C@H](N)C(=O)N1CCCCC1)c1ncccc1[N+](=O)[O-]. The van der Waals surface area contributed by atoms with E-state index in [0.29, 0.717) is 13.1 Å². The van der Waals surface area contributed by atoms with Gasteiger partial charge in [0.05, 0.1) is 17.0 Å². The van der Waals surface area contributed by atoms with Crippen molar-refractivity contribution in [1.82, 2.24) is 9.88 Å². The van der Waals surface area contributed by atoms with E-state index in [-0.39, 0.29) is 23.7 Å². The highest BCUT2D eigenvalue weighted by Crippen LogP contribution is 2.24. The maximum Gasteiger partial charge on any atom is 0.292 e. The minimum atomic E-state index is -0.769. The second-order valence-electron chi connectivity index (χ2n) is 5.50. The molecule has 1 aliphatic rings. The number of pyridine rings is 1. The number of rotatable bonds is 5. The Morgan fingerprint density at radius 2 is 2.05 bits per heavy atom. The number of nitrogens with two attached hydrogens (primary N) is 2. The van der Waals surface area contributed by atoms with Gasteiger partial charge in [-0.1, -0.05) is 0 Å². The molecule has 0 saturated carbocycles. The summed E-state index contributed by atoms with van der Waals surface area (Å²) in [6.07, 6.45) is 4.67. The minimum absolute atomic E-state index is 0.132. The number of carbonyl (C=O) groups is 1. The molecule has 2 rings (SSSR count). The third-order valence-electron chi connectivity index (χ3n) is 3.86. The van der Waals surface area contributed by atoms with Crippen molar-refractivity contribution < 1.29 is 9.72 Å². The van der Waals surface area contributed by atoms with Gasteiger partial charge in [-0.05, 0) is 31.7 Å². The number of amides is 1. The van der Waals surface area contributed by atoms with Crippen molar-refractivity contribution in [2.45, 2.75) is 37.8 Å². The molecule has 0 bridgehead atoms. The van der Waals surface area contributed by atoms with Crippen LogP contribution in [-0.2, 0) is 4.79 Å². The van der Waals surface area contributed by atoms with Gasteiger partial charge in [-0.2, -0.15) is 0 Å². The van der Waals surface area contributed by atoms with Crippen LogP contribution in [0.4, 0.5) is 5.69 Å². The Bertz CT molecular complexity index is 545. The highest BCUT2D eigenvalue weighted by atomic mass is 16.6. The Morgan fingerprint density at radius 3 is 2.68 bits per heavy atom. The smallest absolute Gasteiger partial charge is 0.292 e. The number of aromatic nitrogens is 1. The first-order chi connectivity index (χ1) is 10.5. The van der Waals surface area contributed by atoms with E-state index in [4.69, 9.17) is 11.5 Å². The highest BCUT2D eigenvalue weighted by Gasteiger charge is 2.27. The van der Waals surface area contributed by atoms with Crippen LogP contribution < -0.4 is 11.5 Å². The predicted molar refractivity (Wildman–Crippen MR) is 80.8 cm³/mol. The molecule has 120 valence electrons. The Balaban J connectivity index is 2.03. The zero-order valence-corrected chi connectivity index (χ0v) is 12.4. The third-order valence-corrected chi connectivity index (χ3v) is 3.86. The lowest BCUT2D eigenvalue weighted by atomic mass is 10.0. The molecule has 1 saturated heterocycles. The zero-order chi connectivity index (χ0) is 16.1. The molecule has 1 fully saturated rings. The predicted octanol–water partition coefficient (Wildman–Crippen LogP) is 0.719. The third kappa shape index (κ3) is 3.77. The van der Waals surface area contributed by atoms with Gasteiger partial charge in [-0.3, -0.25) is 19.9 Å². The van der Waals surface area contributed by atoms with Gasteiger partial charge in [0.15, 0.2) is 0 Å². The van der Waals surface area contributed by atoms with Crippen LogP contribution >= 0.6 is 0 Å². The lowest BCUT2D eigenvalue weighted by molar-refractivity contribution is -0.386. The van der Waals surface area contributed by atoms with Crippen molar-refractivity contribution >= 4 is 11.6 Å². The van der Waals surface area contributed by atoms with Crippen LogP contribution in [0.25, 0.3) is 0 Å². The number of hydrogen-bond acceptors (Lipinski definition) is 6. The molecule has 0 aromatic carbocycles. The van der Waals surface area contributed by atoms with Gasteiger partial charge in [0.25, 0.3) is 5.69 Å². The Morgan fingerprint density at radius 1 is 1.36 bits per heavy atom. The van der Waals surface area contributed by atoms with Crippen LogP contribution in [-0.4, -0.2) is 39.8 Å². The topological polar surface area (TPSA) is 128 Å². The van der Waals surface area contributed by atoms with E-state index in [1.54, 1.807) is 4.90 Å². The first-order valence-electron chi connectivity index (χ1n) is 7.40. The second kappa shape index (κ2) is 7.28. The van der Waals surface area contributed by atoms with Gasteiger partial charge in [0.2, 0.25) is 5.91 Å². The van der Waals surface area contributed by atoms with Crippen molar-refractivity contribution in [2.75, 3.05) is 13.1 Å². The Kier molecular flexibility index (Phi) is 5.40. The molecule has 1 aliphatic heterocycles. The van der Waals surface area contributed by atoms with Crippen molar-refractivity contribution in [2.24, 2.45) is 11.5 Å². The fourth-order valence-corrected chi connectivity index (χ4v) is 2.68. The quantitative estimate of drug-likeness (QED) is 0.609. The van der Waals surface area contributed by atoms with E-state index >= 15 is 0 Å². The molecule has 2 atom stereocenters. The van der Waals surface area contributed by atoms with Crippen LogP contribution in [0.5, 0.6) is 0 Å². The summed E-state index contributed by atoms with van der Waals surface area (Å²) in [5.41, 5.74) is 11.9. The lowest BCUT2D eigenvalue weighted by Crippen LogP contribution is -2.47. The van der Waals surface area contributed by atoms with E-state index in [0.717, 1.165) is 19.3 Å². The summed E-state index contributed by atoms with van der Waals surface area (Å²) in [4.78, 5) is 28.5. The normalized spacial score (nSPS) is 17.8. The molecule has 8 nitrogen and oxygen atoms in total. The van der Waals surface area contributed by atoms with Crippen LogP contribution in [0.2, 0.25) is 0 Å². The maximum atomic E-state index is 12.3. The Labute approximate surface area is 128 Å². The number of nitro groups is 1. The zero-order valence-electron chi connectivity index (χ0n) is 12.4. The van der Waals surface area contributed by atoms with E-state index < -0.39 is 17.0 Å². The molecule has 8 heteroatoms. The van der Waals surface area contributed by atoms with E-state index in [1.807, 2.05) is 0 Å². The molecule has 2 heterocycles. The molecular weight excluding hydrogens is 286 g/mol. The number of hydrogen-bond donors (Lipinski definition) is 2. The van der Waals surface area contributed by atoms with Crippen LogP contribution in [0.1, 0.15) is 37.4 Å². The fraction of sp³-hybridized carbons (Fsp3) is 0.571. The summed E-state index contributed by atoms with van der Waals surface area (Å²) >= 11 is 0. The molecule has 0 aliphatic carbocycles. The van der Waals surface area contributed by atoms with Gasteiger partial charge in [-0.25, -0.2) is 0 Å². The first-order valence-corrected chi connectivity index (χ1v) is 7.40. The van der Waals surface area contributed by atoms with E-state index in [9.17, 15) is 14.9 Å². The van der Waals surface area contributed by atoms with Gasteiger partial charge >= 0.3 is 0 Å². The molecule has 22 heavy (non-hydrogen) atoms. The average molecular weight is 307 g/mol. The summed E-state index contributed by atoms with van der Waals surface area (Å²) in [5, 5.41) is 11.0. The molecular formula is C14H21N5O3. The van der Waals surface area contributed by atoms with E-state index in [2.05, 4.69) is 4.98 Å². The molecule has 1 aromatic heterocycles. The molecule has 1 aromatic rings. The summed E-state index contributed by atoms with van der Waals surface area (Å²) in [6.45, 7) is 1.43. The van der Waals surface area contributed by atoms with Gasteiger partial charge in [0, 0.05) is 25.4 Å². The van der Waals surface area contributed by atoms with Crippen LogP contribution in [0, 0.1) is 10.1 Å². The first kappa shape index (κ1) is 16.3. The standard InChI is InChI=1S/C14H21N5O3/c15-10(13-12(19(21)22)5-4-6-17-13)9-11(16)14(20)18-7-2-1-3-8-18/h4-6,10-11H,1-3,7-9,15-16H2/t10?,11-/m0/s1. The highest BCUT2D eigenvalue weighted by molar-refractivity contribution is 5.81. The van der Waals surface area contributed by atoms with Gasteiger partial charge < -0.3 is 16.4 Å². The number of nitrogens with zero attached hydrogens (tertiary/aromatic N) is 3. The van der Waals surface area contributed by atoms with Crippen molar-refractivity contribution in [1.29, 1.82) is 0 Å². The largest absolute Gasteiger partial charge is 0.341 e. The van der Waals surface area contributed by atoms with Gasteiger partial charge in [0.1, 0.15) is 5.69 Å². The second-order valence-corrected chi connectivity index (χ2v) is 5.50. The van der Waals surface area contributed by atoms with Crippen molar-refractivity contribution in [3.63, 3.8) is 0 Å². The van der Waals surface area contributed by atoms with Crippen molar-refractivity contribution in [3.05, 3.63) is 34.1 Å². The average Bonchev–Trinajstić information content (AvgIpc) is 2.54. The summed E-state index contributed by atoms with van der Waals surface area (Å²) in [6, 6.07) is 1.31. The molecule has 4 N–H and O–H groups in total. The molecule has 0 radical (unpaired) electrons. The summed E-state index contributed by atoms with van der Waals surface area (Å²) in [5.74, 6) is -0.145. The minimum Gasteiger partial charge on any atom is -0.341 e. The van der Waals surface area contributed by atoms with Crippen molar-refractivity contribution in [3.8, 4) is 0 Å². The fourth-order valence-electron chi connectivity index (χ4n) is 2.68. The Hall–Kier alpha value is -2.06. The number of likely N-dealkylation sites (tertiary alicyclic amines) is 1. The number of piperidine rings is 1. The molecule has 1 unspecified atom stereocenters. The lowest BCUT2D eigenvalue weighted by Gasteiger charge is -2.29. The van der Waals surface area contributed by atoms with E-state index in [1.165, 1.54) is 18.3 Å². The van der Waals surface area contributed by atoms with Gasteiger partial charge in [-0.15, -0.1) is 0 Å². The maximum absolute atomic E-state index is 12.3. The summed E-state index contributed by atoms with van der Waals surface area (Å²) < 4.78 is 0.